The highest BCUT2D eigenvalue weighted by molar-refractivity contribution is 5.79. The number of halogens is 1. The number of rotatable bonds is 5. The quantitative estimate of drug-likeness (QED) is 0.736. The molecule has 0 saturated carbocycles. The maximum atomic E-state index is 13.1. The second-order valence-corrected chi connectivity index (χ2v) is 5.14. The first-order valence-corrected chi connectivity index (χ1v) is 7.28. The van der Waals surface area contributed by atoms with Crippen LogP contribution in [0.1, 0.15) is 5.56 Å². The molecule has 0 atom stereocenters. The van der Waals surface area contributed by atoms with Crippen molar-refractivity contribution in [2.24, 2.45) is 0 Å². The summed E-state index contributed by atoms with van der Waals surface area (Å²) in [6.45, 7) is 4.64. The lowest BCUT2D eigenvalue weighted by molar-refractivity contribution is 0.626. The molecule has 0 saturated heterocycles. The third-order valence-corrected chi connectivity index (χ3v) is 3.55. The Kier molecular flexibility index (Phi) is 4.19. The standard InChI is InChI=1S/C18H16FN3O/c1-2-11-20-18-21-17(23)15-5-3-4-6-16(15)22(18)12-13-7-9-14(19)10-8-13/h2-10H,1,11-12H2,(H,20,21,23). The molecule has 0 bridgehead atoms. The summed E-state index contributed by atoms with van der Waals surface area (Å²) in [6, 6.07) is 13.6. The number of benzene rings is 2. The fourth-order valence-electron chi connectivity index (χ4n) is 2.45. The predicted octanol–water partition coefficient (Wildman–Crippen LogP) is 3.18. The minimum absolute atomic E-state index is 0.275. The van der Waals surface area contributed by atoms with Crippen molar-refractivity contribution in [1.29, 1.82) is 0 Å². The first-order chi connectivity index (χ1) is 11.2. The fraction of sp³-hybridized carbons (Fsp3) is 0.111. The Hall–Kier alpha value is -2.95. The van der Waals surface area contributed by atoms with Crippen molar-refractivity contribution in [3.8, 4) is 0 Å². The number of nitrogens with zero attached hydrogens (tertiary/aromatic N) is 2. The largest absolute Gasteiger partial charge is 0.352 e. The Morgan fingerprint density at radius 1 is 1.17 bits per heavy atom. The average molecular weight is 309 g/mol. The minimum Gasteiger partial charge on any atom is -0.352 e. The lowest BCUT2D eigenvalue weighted by Gasteiger charge is -2.16. The van der Waals surface area contributed by atoms with Crippen LogP contribution in [0.2, 0.25) is 0 Å². The molecular weight excluding hydrogens is 293 g/mol. The lowest BCUT2D eigenvalue weighted by atomic mass is 10.2. The van der Waals surface area contributed by atoms with Crippen molar-refractivity contribution in [2.75, 3.05) is 11.9 Å². The van der Waals surface area contributed by atoms with Gasteiger partial charge >= 0.3 is 0 Å². The van der Waals surface area contributed by atoms with Crippen LogP contribution in [-0.4, -0.2) is 16.1 Å². The second kappa shape index (κ2) is 6.44. The van der Waals surface area contributed by atoms with Crippen molar-refractivity contribution >= 4 is 16.9 Å². The summed E-state index contributed by atoms with van der Waals surface area (Å²) < 4.78 is 15.0. The van der Waals surface area contributed by atoms with E-state index < -0.39 is 0 Å². The number of hydrogen-bond acceptors (Lipinski definition) is 3. The molecule has 0 aliphatic carbocycles. The molecule has 2 aromatic carbocycles. The highest BCUT2D eigenvalue weighted by Gasteiger charge is 2.10. The Morgan fingerprint density at radius 2 is 1.91 bits per heavy atom. The van der Waals surface area contributed by atoms with E-state index in [1.807, 2.05) is 22.8 Å². The van der Waals surface area contributed by atoms with E-state index in [4.69, 9.17) is 0 Å². The first kappa shape index (κ1) is 15.0. The van der Waals surface area contributed by atoms with Gasteiger partial charge < -0.3 is 9.88 Å². The smallest absolute Gasteiger partial charge is 0.282 e. The highest BCUT2D eigenvalue weighted by Crippen LogP contribution is 2.17. The molecule has 3 aromatic rings. The average Bonchev–Trinajstić information content (AvgIpc) is 2.58. The van der Waals surface area contributed by atoms with Crippen molar-refractivity contribution in [2.45, 2.75) is 6.54 Å². The number of fused-ring (bicyclic) bond motifs is 1. The first-order valence-electron chi connectivity index (χ1n) is 7.28. The molecule has 0 spiro atoms. The molecule has 0 amide bonds. The normalized spacial score (nSPS) is 10.7. The molecule has 1 N–H and O–H groups in total. The molecule has 1 aromatic heterocycles. The molecule has 0 aliphatic heterocycles. The molecule has 116 valence electrons. The number of aromatic nitrogens is 2. The Morgan fingerprint density at radius 3 is 2.65 bits per heavy atom. The monoisotopic (exact) mass is 309 g/mol. The van der Waals surface area contributed by atoms with Gasteiger partial charge in [0.25, 0.3) is 5.56 Å². The molecule has 4 nitrogen and oxygen atoms in total. The predicted molar refractivity (Wildman–Crippen MR) is 90.2 cm³/mol. The summed E-state index contributed by atoms with van der Waals surface area (Å²) in [4.78, 5) is 16.3. The zero-order chi connectivity index (χ0) is 16.2. The fourth-order valence-corrected chi connectivity index (χ4v) is 2.45. The van der Waals surface area contributed by atoms with E-state index in [-0.39, 0.29) is 11.4 Å². The number of hydrogen-bond donors (Lipinski definition) is 1. The minimum atomic E-state index is -0.276. The van der Waals surface area contributed by atoms with Crippen LogP contribution >= 0.6 is 0 Å². The molecule has 0 fully saturated rings. The van der Waals surface area contributed by atoms with Gasteiger partial charge in [-0.05, 0) is 29.8 Å². The Bertz CT molecular complexity index is 900. The highest BCUT2D eigenvalue weighted by atomic mass is 19.1. The number of nitrogens with one attached hydrogen (secondary N) is 1. The zero-order valence-corrected chi connectivity index (χ0v) is 12.5. The number of para-hydroxylation sites is 1. The Labute approximate surface area is 132 Å². The van der Waals surface area contributed by atoms with E-state index in [1.54, 1.807) is 24.3 Å². The van der Waals surface area contributed by atoms with E-state index in [0.29, 0.717) is 24.4 Å². The van der Waals surface area contributed by atoms with E-state index in [0.717, 1.165) is 11.1 Å². The molecule has 0 radical (unpaired) electrons. The maximum absolute atomic E-state index is 13.1. The molecular formula is C18H16FN3O. The van der Waals surface area contributed by atoms with E-state index in [1.165, 1.54) is 12.1 Å². The topological polar surface area (TPSA) is 46.9 Å². The summed E-state index contributed by atoms with van der Waals surface area (Å²) in [7, 11) is 0. The van der Waals surface area contributed by atoms with Crippen LogP contribution in [0.15, 0.2) is 66.0 Å². The van der Waals surface area contributed by atoms with Crippen molar-refractivity contribution in [3.05, 3.63) is 82.9 Å². The van der Waals surface area contributed by atoms with Crippen molar-refractivity contribution in [1.82, 2.24) is 9.55 Å². The van der Waals surface area contributed by atoms with Crippen LogP contribution < -0.4 is 10.9 Å². The van der Waals surface area contributed by atoms with E-state index >= 15 is 0 Å². The van der Waals surface area contributed by atoms with Gasteiger partial charge in [0.1, 0.15) is 5.82 Å². The van der Waals surface area contributed by atoms with Gasteiger partial charge in [0.15, 0.2) is 0 Å². The molecule has 0 unspecified atom stereocenters. The van der Waals surface area contributed by atoms with Gasteiger partial charge in [-0.25, -0.2) is 4.39 Å². The molecule has 1 heterocycles. The van der Waals surface area contributed by atoms with Crippen molar-refractivity contribution in [3.63, 3.8) is 0 Å². The van der Waals surface area contributed by atoms with Gasteiger partial charge in [-0.15, -0.1) is 6.58 Å². The molecule has 23 heavy (non-hydrogen) atoms. The molecule has 3 rings (SSSR count). The van der Waals surface area contributed by atoms with E-state index in [9.17, 15) is 9.18 Å². The summed E-state index contributed by atoms with van der Waals surface area (Å²) in [6.07, 6.45) is 1.70. The van der Waals surface area contributed by atoms with Crippen LogP contribution in [-0.2, 0) is 6.54 Å². The SMILES string of the molecule is C=CCNc1nc(=O)c2ccccc2n1Cc1ccc(F)cc1. The zero-order valence-electron chi connectivity index (χ0n) is 12.5. The molecule has 5 heteroatoms. The van der Waals surface area contributed by atoms with Gasteiger partial charge in [0, 0.05) is 6.54 Å². The lowest BCUT2D eigenvalue weighted by Crippen LogP contribution is -2.20. The van der Waals surface area contributed by atoms with Gasteiger partial charge in [0.05, 0.1) is 17.4 Å². The van der Waals surface area contributed by atoms with Gasteiger partial charge in [-0.2, -0.15) is 4.98 Å². The second-order valence-electron chi connectivity index (χ2n) is 5.14. The summed E-state index contributed by atoms with van der Waals surface area (Å²) in [5.74, 6) is 0.194. The Balaban J connectivity index is 2.14. The van der Waals surface area contributed by atoms with Crippen LogP contribution in [0.25, 0.3) is 10.9 Å². The van der Waals surface area contributed by atoms with Crippen LogP contribution in [0, 0.1) is 5.82 Å². The summed E-state index contributed by atoms with van der Waals surface area (Å²) in [5, 5.41) is 3.64. The van der Waals surface area contributed by atoms with Gasteiger partial charge in [-0.1, -0.05) is 30.3 Å². The third kappa shape index (κ3) is 3.13. The summed E-state index contributed by atoms with van der Waals surface area (Å²) in [5.41, 5.74) is 1.43. The van der Waals surface area contributed by atoms with Crippen LogP contribution in [0.4, 0.5) is 10.3 Å². The van der Waals surface area contributed by atoms with Crippen molar-refractivity contribution < 1.29 is 4.39 Å². The van der Waals surface area contributed by atoms with Gasteiger partial charge in [-0.3, -0.25) is 4.79 Å². The summed E-state index contributed by atoms with van der Waals surface area (Å²) >= 11 is 0. The number of anilines is 1. The third-order valence-electron chi connectivity index (χ3n) is 3.55. The van der Waals surface area contributed by atoms with Crippen LogP contribution in [0.3, 0.4) is 0 Å². The van der Waals surface area contributed by atoms with E-state index in [2.05, 4.69) is 16.9 Å². The van der Waals surface area contributed by atoms with Gasteiger partial charge in [0.2, 0.25) is 5.95 Å². The van der Waals surface area contributed by atoms with Crippen LogP contribution in [0.5, 0.6) is 0 Å². The maximum Gasteiger partial charge on any atom is 0.282 e. The molecule has 0 aliphatic rings.